The molecule has 1 fully saturated rings. The van der Waals surface area contributed by atoms with Crippen molar-refractivity contribution in [3.63, 3.8) is 0 Å². The number of carbonyl (C=O) groups is 1. The third kappa shape index (κ3) is 2.35. The van der Waals surface area contributed by atoms with E-state index < -0.39 is 0 Å². The number of hydrogen-bond acceptors (Lipinski definition) is 2. The highest BCUT2D eigenvalue weighted by Gasteiger charge is 2.28. The number of hydrogen-bond donors (Lipinski definition) is 0. The molecule has 1 amide bonds. The third-order valence-electron chi connectivity index (χ3n) is 3.05. The molecule has 1 unspecified atom stereocenters. The maximum absolute atomic E-state index is 11.5. The monoisotopic (exact) mass is 196 g/mol. The zero-order valence-electron chi connectivity index (χ0n) is 9.36. The van der Waals surface area contributed by atoms with Gasteiger partial charge < -0.3 is 9.80 Å². The van der Waals surface area contributed by atoms with Crippen LogP contribution in [-0.4, -0.2) is 48.4 Å². The average Bonchev–Trinajstić information content (AvgIpc) is 2.17. The Morgan fingerprint density at radius 2 is 2.14 bits per heavy atom. The van der Waals surface area contributed by atoms with Crippen molar-refractivity contribution >= 4 is 5.91 Å². The number of amides is 1. The Bertz CT molecular complexity index is 225. The van der Waals surface area contributed by atoms with Gasteiger partial charge in [0.05, 0.1) is 0 Å². The van der Waals surface area contributed by atoms with Crippen LogP contribution in [0.15, 0.2) is 12.7 Å². The second-order valence-corrected chi connectivity index (χ2v) is 4.24. The first-order valence-electron chi connectivity index (χ1n) is 5.15. The molecule has 1 aliphatic rings. The SMILES string of the molecule is C=CC(=O)N1C[C@H](N(C)C)CCC1C. The zero-order chi connectivity index (χ0) is 10.7. The molecule has 0 aromatic rings. The minimum Gasteiger partial charge on any atom is -0.335 e. The molecule has 0 radical (unpaired) electrons. The Labute approximate surface area is 86.4 Å². The highest BCUT2D eigenvalue weighted by molar-refractivity contribution is 5.87. The predicted octanol–water partition coefficient (Wildman–Crippen LogP) is 1.11. The molecule has 0 aliphatic carbocycles. The fourth-order valence-electron chi connectivity index (χ4n) is 1.93. The standard InChI is InChI=1S/C11H20N2O/c1-5-11(14)13-8-10(12(3)4)7-6-9(13)2/h5,9-10H,1,6-8H2,2-4H3/t9?,10-/m1/s1. The van der Waals surface area contributed by atoms with Gasteiger partial charge in [0.2, 0.25) is 5.91 Å². The highest BCUT2D eigenvalue weighted by atomic mass is 16.2. The van der Waals surface area contributed by atoms with E-state index in [0.29, 0.717) is 12.1 Å². The Kier molecular flexibility index (Phi) is 3.69. The van der Waals surface area contributed by atoms with Crippen LogP contribution in [0.1, 0.15) is 19.8 Å². The maximum atomic E-state index is 11.5. The van der Waals surface area contributed by atoms with E-state index in [1.807, 2.05) is 4.90 Å². The molecule has 80 valence electrons. The summed E-state index contributed by atoms with van der Waals surface area (Å²) in [5, 5.41) is 0. The van der Waals surface area contributed by atoms with Crippen LogP contribution in [0.3, 0.4) is 0 Å². The lowest BCUT2D eigenvalue weighted by atomic mass is 9.98. The first-order chi connectivity index (χ1) is 6.56. The Hall–Kier alpha value is -0.830. The summed E-state index contributed by atoms with van der Waals surface area (Å²) in [7, 11) is 4.13. The molecule has 3 nitrogen and oxygen atoms in total. The van der Waals surface area contributed by atoms with Crippen LogP contribution in [0.2, 0.25) is 0 Å². The Morgan fingerprint density at radius 3 is 2.64 bits per heavy atom. The van der Waals surface area contributed by atoms with Crippen molar-refractivity contribution in [2.75, 3.05) is 20.6 Å². The number of likely N-dealkylation sites (tertiary alicyclic amines) is 1. The summed E-state index contributed by atoms with van der Waals surface area (Å²) in [5.74, 6) is 0.0593. The van der Waals surface area contributed by atoms with Crippen LogP contribution in [-0.2, 0) is 4.79 Å². The van der Waals surface area contributed by atoms with Gasteiger partial charge in [0.1, 0.15) is 0 Å². The van der Waals surface area contributed by atoms with Crippen molar-refractivity contribution < 1.29 is 4.79 Å². The number of carbonyl (C=O) groups excluding carboxylic acids is 1. The fourth-order valence-corrected chi connectivity index (χ4v) is 1.93. The average molecular weight is 196 g/mol. The van der Waals surface area contributed by atoms with E-state index in [4.69, 9.17) is 0 Å². The second-order valence-electron chi connectivity index (χ2n) is 4.24. The minimum absolute atomic E-state index is 0.0593. The van der Waals surface area contributed by atoms with Crippen molar-refractivity contribution in [1.29, 1.82) is 0 Å². The van der Waals surface area contributed by atoms with Crippen molar-refractivity contribution in [2.45, 2.75) is 31.8 Å². The maximum Gasteiger partial charge on any atom is 0.246 e. The van der Waals surface area contributed by atoms with E-state index in [0.717, 1.165) is 13.0 Å². The lowest BCUT2D eigenvalue weighted by Crippen LogP contribution is -2.50. The quantitative estimate of drug-likeness (QED) is 0.618. The van der Waals surface area contributed by atoms with Gasteiger partial charge in [-0.15, -0.1) is 0 Å². The summed E-state index contributed by atoms with van der Waals surface area (Å²) >= 11 is 0. The normalized spacial score (nSPS) is 27.9. The zero-order valence-corrected chi connectivity index (χ0v) is 9.36. The molecule has 0 saturated carbocycles. The molecular formula is C11H20N2O. The van der Waals surface area contributed by atoms with Gasteiger partial charge in [-0.05, 0) is 39.9 Å². The summed E-state index contributed by atoms with van der Waals surface area (Å²) in [6.45, 7) is 6.47. The topological polar surface area (TPSA) is 23.6 Å². The van der Waals surface area contributed by atoms with Crippen molar-refractivity contribution in [1.82, 2.24) is 9.80 Å². The predicted molar refractivity (Wildman–Crippen MR) is 58.1 cm³/mol. The second kappa shape index (κ2) is 4.60. The minimum atomic E-state index is 0.0593. The van der Waals surface area contributed by atoms with Crippen LogP contribution < -0.4 is 0 Å². The van der Waals surface area contributed by atoms with Gasteiger partial charge in [-0.3, -0.25) is 4.79 Å². The van der Waals surface area contributed by atoms with Gasteiger partial charge in [0.25, 0.3) is 0 Å². The summed E-state index contributed by atoms with van der Waals surface area (Å²) in [5.41, 5.74) is 0. The fraction of sp³-hybridized carbons (Fsp3) is 0.727. The highest BCUT2D eigenvalue weighted by Crippen LogP contribution is 2.19. The molecule has 3 heteroatoms. The van der Waals surface area contributed by atoms with Gasteiger partial charge in [-0.25, -0.2) is 0 Å². The molecule has 0 spiro atoms. The lowest BCUT2D eigenvalue weighted by Gasteiger charge is -2.40. The number of rotatable bonds is 2. The van der Waals surface area contributed by atoms with Crippen LogP contribution >= 0.6 is 0 Å². The van der Waals surface area contributed by atoms with Gasteiger partial charge >= 0.3 is 0 Å². The molecule has 2 atom stereocenters. The van der Waals surface area contributed by atoms with Crippen LogP contribution in [0, 0.1) is 0 Å². The van der Waals surface area contributed by atoms with E-state index in [1.165, 1.54) is 12.5 Å². The van der Waals surface area contributed by atoms with Gasteiger partial charge in [-0.2, -0.15) is 0 Å². The molecule has 1 aliphatic heterocycles. The molecule has 1 rings (SSSR count). The molecule has 1 heterocycles. The van der Waals surface area contributed by atoms with E-state index in [9.17, 15) is 4.79 Å². The van der Waals surface area contributed by atoms with Crippen LogP contribution in [0.5, 0.6) is 0 Å². The van der Waals surface area contributed by atoms with Gasteiger partial charge in [-0.1, -0.05) is 6.58 Å². The molecule has 0 aromatic carbocycles. The van der Waals surface area contributed by atoms with Crippen LogP contribution in [0.4, 0.5) is 0 Å². The smallest absolute Gasteiger partial charge is 0.246 e. The summed E-state index contributed by atoms with van der Waals surface area (Å²) in [6, 6.07) is 0.854. The molecular weight excluding hydrogens is 176 g/mol. The van der Waals surface area contributed by atoms with E-state index >= 15 is 0 Å². The summed E-state index contributed by atoms with van der Waals surface area (Å²) in [6.07, 6.45) is 3.67. The molecule has 1 saturated heterocycles. The molecule has 14 heavy (non-hydrogen) atoms. The van der Waals surface area contributed by atoms with Crippen LogP contribution in [0.25, 0.3) is 0 Å². The lowest BCUT2D eigenvalue weighted by molar-refractivity contribution is -0.130. The molecule has 0 N–H and O–H groups in total. The summed E-state index contributed by atoms with van der Waals surface area (Å²) in [4.78, 5) is 15.6. The van der Waals surface area contributed by atoms with Gasteiger partial charge in [0.15, 0.2) is 0 Å². The van der Waals surface area contributed by atoms with Crippen molar-refractivity contribution in [3.05, 3.63) is 12.7 Å². The van der Waals surface area contributed by atoms with Crippen molar-refractivity contribution in [2.24, 2.45) is 0 Å². The summed E-state index contributed by atoms with van der Waals surface area (Å²) < 4.78 is 0. The van der Waals surface area contributed by atoms with E-state index in [2.05, 4.69) is 32.5 Å². The van der Waals surface area contributed by atoms with E-state index in [-0.39, 0.29) is 5.91 Å². The molecule has 0 aromatic heterocycles. The Morgan fingerprint density at radius 1 is 1.50 bits per heavy atom. The number of piperidine rings is 1. The first kappa shape index (κ1) is 11.2. The van der Waals surface area contributed by atoms with Crippen molar-refractivity contribution in [3.8, 4) is 0 Å². The largest absolute Gasteiger partial charge is 0.335 e. The molecule has 0 bridgehead atoms. The van der Waals surface area contributed by atoms with E-state index in [1.54, 1.807) is 0 Å². The third-order valence-corrected chi connectivity index (χ3v) is 3.05. The number of nitrogens with zero attached hydrogens (tertiary/aromatic N) is 2. The number of likely N-dealkylation sites (N-methyl/N-ethyl adjacent to an activating group) is 1. The Balaban J connectivity index is 2.64. The first-order valence-corrected chi connectivity index (χ1v) is 5.15. The van der Waals surface area contributed by atoms with Gasteiger partial charge in [0, 0.05) is 18.6 Å².